The molecule has 0 amide bonds. The van der Waals surface area contributed by atoms with Gasteiger partial charge in [0.1, 0.15) is 12.9 Å². The standard InChI is InChI=1S/C7H12N2OS/c8-6-1-10-2-7-5(6)3-11-4-9-7/h2,5-6,9H,1,3-4,8H2. The predicted molar refractivity (Wildman–Crippen MR) is 46.0 cm³/mol. The van der Waals surface area contributed by atoms with Crippen molar-refractivity contribution < 1.29 is 4.74 Å². The van der Waals surface area contributed by atoms with Gasteiger partial charge in [-0.05, 0) is 0 Å². The number of hydrogen-bond acceptors (Lipinski definition) is 4. The molecule has 2 atom stereocenters. The van der Waals surface area contributed by atoms with Crippen LogP contribution < -0.4 is 11.1 Å². The summed E-state index contributed by atoms with van der Waals surface area (Å²) >= 11 is 1.90. The molecule has 0 saturated carbocycles. The van der Waals surface area contributed by atoms with Crippen molar-refractivity contribution >= 4 is 11.8 Å². The van der Waals surface area contributed by atoms with Gasteiger partial charge in [0.2, 0.25) is 0 Å². The molecular weight excluding hydrogens is 160 g/mol. The summed E-state index contributed by atoms with van der Waals surface area (Å²) in [6, 6.07) is 0.176. The Bertz CT molecular complexity index is 183. The van der Waals surface area contributed by atoms with Gasteiger partial charge in [0.15, 0.2) is 0 Å². The maximum atomic E-state index is 5.87. The van der Waals surface area contributed by atoms with Crippen molar-refractivity contribution in [1.29, 1.82) is 0 Å². The first-order chi connectivity index (χ1) is 5.38. The first-order valence-corrected chi connectivity index (χ1v) is 4.92. The highest BCUT2D eigenvalue weighted by molar-refractivity contribution is 7.99. The summed E-state index contributed by atoms with van der Waals surface area (Å²) in [4.78, 5) is 0. The molecule has 0 aromatic rings. The van der Waals surface area contributed by atoms with E-state index < -0.39 is 0 Å². The molecule has 0 aromatic heterocycles. The van der Waals surface area contributed by atoms with Crippen molar-refractivity contribution in [3.63, 3.8) is 0 Å². The van der Waals surface area contributed by atoms with Crippen molar-refractivity contribution in [2.45, 2.75) is 6.04 Å². The number of ether oxygens (including phenoxy) is 1. The number of hydrogen-bond donors (Lipinski definition) is 2. The number of rotatable bonds is 0. The Kier molecular flexibility index (Phi) is 1.96. The quantitative estimate of drug-likeness (QED) is 0.544. The van der Waals surface area contributed by atoms with Gasteiger partial charge in [-0.3, -0.25) is 0 Å². The predicted octanol–water partition coefficient (Wildman–Crippen LogP) is 0.0954. The summed E-state index contributed by atoms with van der Waals surface area (Å²) < 4.78 is 5.19. The Morgan fingerprint density at radius 3 is 3.45 bits per heavy atom. The molecule has 11 heavy (non-hydrogen) atoms. The molecule has 3 N–H and O–H groups in total. The van der Waals surface area contributed by atoms with Crippen LogP contribution in [0.25, 0.3) is 0 Å². The van der Waals surface area contributed by atoms with E-state index in [4.69, 9.17) is 10.5 Å². The summed E-state index contributed by atoms with van der Waals surface area (Å²) in [5, 5.41) is 3.27. The lowest BCUT2D eigenvalue weighted by atomic mass is 9.98. The van der Waals surface area contributed by atoms with Gasteiger partial charge >= 0.3 is 0 Å². The highest BCUT2D eigenvalue weighted by atomic mass is 32.2. The summed E-state index contributed by atoms with van der Waals surface area (Å²) in [7, 11) is 0. The normalized spacial score (nSPS) is 36.3. The van der Waals surface area contributed by atoms with Crippen molar-refractivity contribution in [3.8, 4) is 0 Å². The topological polar surface area (TPSA) is 47.3 Å². The second-order valence-electron chi connectivity index (χ2n) is 2.87. The summed E-state index contributed by atoms with van der Waals surface area (Å²) in [6.07, 6.45) is 1.81. The van der Waals surface area contributed by atoms with E-state index in [1.165, 1.54) is 5.70 Å². The largest absolute Gasteiger partial charge is 0.498 e. The van der Waals surface area contributed by atoms with Crippen molar-refractivity contribution in [3.05, 3.63) is 12.0 Å². The third kappa shape index (κ3) is 1.32. The lowest BCUT2D eigenvalue weighted by molar-refractivity contribution is 0.176. The van der Waals surface area contributed by atoms with Gasteiger partial charge < -0.3 is 15.8 Å². The van der Waals surface area contributed by atoms with Gasteiger partial charge in [0, 0.05) is 17.7 Å². The number of thioether (sulfide) groups is 1. The minimum atomic E-state index is 0.176. The Labute approximate surface area is 70.4 Å². The van der Waals surface area contributed by atoms with Crippen LogP contribution in [0.15, 0.2) is 12.0 Å². The second-order valence-corrected chi connectivity index (χ2v) is 3.90. The van der Waals surface area contributed by atoms with Crippen LogP contribution in [0, 0.1) is 5.92 Å². The Morgan fingerprint density at radius 1 is 1.73 bits per heavy atom. The molecule has 2 aliphatic rings. The van der Waals surface area contributed by atoms with Gasteiger partial charge in [-0.25, -0.2) is 0 Å². The van der Waals surface area contributed by atoms with Crippen LogP contribution in [0.3, 0.4) is 0 Å². The average Bonchev–Trinajstić information content (AvgIpc) is 2.06. The zero-order valence-electron chi connectivity index (χ0n) is 6.25. The van der Waals surface area contributed by atoms with E-state index in [-0.39, 0.29) is 6.04 Å². The number of nitrogens with one attached hydrogen (secondary N) is 1. The summed E-state index contributed by atoms with van der Waals surface area (Å²) in [6.45, 7) is 0.663. The molecule has 3 nitrogen and oxygen atoms in total. The molecule has 2 heterocycles. The molecule has 2 aliphatic heterocycles. The van der Waals surface area contributed by atoms with E-state index in [0.29, 0.717) is 12.5 Å². The fourth-order valence-corrected chi connectivity index (χ4v) is 2.46. The van der Waals surface area contributed by atoms with E-state index in [1.807, 2.05) is 18.0 Å². The maximum Gasteiger partial charge on any atom is 0.103 e. The van der Waals surface area contributed by atoms with E-state index in [1.54, 1.807) is 0 Å². The molecule has 62 valence electrons. The van der Waals surface area contributed by atoms with E-state index in [2.05, 4.69) is 5.32 Å². The Balaban J connectivity index is 2.13. The molecule has 0 bridgehead atoms. The third-order valence-electron chi connectivity index (χ3n) is 2.09. The van der Waals surface area contributed by atoms with E-state index >= 15 is 0 Å². The third-order valence-corrected chi connectivity index (χ3v) is 3.03. The van der Waals surface area contributed by atoms with Gasteiger partial charge in [0.25, 0.3) is 0 Å². The first kappa shape index (κ1) is 7.31. The van der Waals surface area contributed by atoms with Crippen LogP contribution in [0.1, 0.15) is 0 Å². The monoisotopic (exact) mass is 172 g/mol. The molecule has 0 radical (unpaired) electrons. The molecule has 2 unspecified atom stereocenters. The molecule has 0 spiro atoms. The summed E-state index contributed by atoms with van der Waals surface area (Å²) in [5.74, 6) is 2.60. The average molecular weight is 172 g/mol. The van der Waals surface area contributed by atoms with E-state index in [0.717, 1.165) is 11.6 Å². The molecule has 0 aromatic carbocycles. The molecule has 0 aliphatic carbocycles. The molecule has 2 rings (SSSR count). The van der Waals surface area contributed by atoms with Gasteiger partial charge in [-0.1, -0.05) is 0 Å². The number of nitrogens with two attached hydrogens (primary N) is 1. The lowest BCUT2D eigenvalue weighted by Gasteiger charge is -2.33. The highest BCUT2D eigenvalue weighted by Gasteiger charge is 2.28. The minimum absolute atomic E-state index is 0.176. The summed E-state index contributed by atoms with van der Waals surface area (Å²) in [5.41, 5.74) is 7.05. The van der Waals surface area contributed by atoms with Gasteiger partial charge in [0.05, 0.1) is 11.6 Å². The van der Waals surface area contributed by atoms with E-state index in [9.17, 15) is 0 Å². The van der Waals surface area contributed by atoms with Gasteiger partial charge in [-0.15, -0.1) is 11.8 Å². The number of fused-ring (bicyclic) bond motifs is 1. The molecule has 1 saturated heterocycles. The second kappa shape index (κ2) is 2.95. The zero-order chi connectivity index (χ0) is 7.68. The van der Waals surface area contributed by atoms with Gasteiger partial charge in [-0.2, -0.15) is 0 Å². The Hall–Kier alpha value is -0.350. The van der Waals surface area contributed by atoms with Crippen LogP contribution in [-0.4, -0.2) is 24.3 Å². The maximum absolute atomic E-state index is 5.87. The minimum Gasteiger partial charge on any atom is -0.498 e. The van der Waals surface area contributed by atoms with Crippen LogP contribution in [0.2, 0.25) is 0 Å². The lowest BCUT2D eigenvalue weighted by Crippen LogP contribution is -2.45. The van der Waals surface area contributed by atoms with Crippen LogP contribution in [0.4, 0.5) is 0 Å². The smallest absolute Gasteiger partial charge is 0.103 e. The fraction of sp³-hybridized carbons (Fsp3) is 0.714. The van der Waals surface area contributed by atoms with Crippen molar-refractivity contribution in [2.75, 3.05) is 18.2 Å². The van der Waals surface area contributed by atoms with Crippen LogP contribution >= 0.6 is 11.8 Å². The molecule has 1 fully saturated rings. The first-order valence-electron chi connectivity index (χ1n) is 3.77. The molecular formula is C7H12N2OS. The highest BCUT2D eigenvalue weighted by Crippen LogP contribution is 2.25. The SMILES string of the molecule is NC1COC=C2NCSCC21. The zero-order valence-corrected chi connectivity index (χ0v) is 7.06. The van der Waals surface area contributed by atoms with Crippen molar-refractivity contribution in [1.82, 2.24) is 5.32 Å². The molecule has 4 heteroatoms. The van der Waals surface area contributed by atoms with Crippen LogP contribution in [0.5, 0.6) is 0 Å². The van der Waals surface area contributed by atoms with Crippen molar-refractivity contribution in [2.24, 2.45) is 11.7 Å². The van der Waals surface area contributed by atoms with Crippen LogP contribution in [-0.2, 0) is 4.74 Å². The fourth-order valence-electron chi connectivity index (χ4n) is 1.39. The Morgan fingerprint density at radius 2 is 2.64 bits per heavy atom.